The van der Waals surface area contributed by atoms with Gasteiger partial charge in [0.05, 0.1) is 25.8 Å². The van der Waals surface area contributed by atoms with Gasteiger partial charge >= 0.3 is 0 Å². The highest BCUT2D eigenvalue weighted by Crippen LogP contribution is 2.33. The van der Waals surface area contributed by atoms with E-state index < -0.39 is 0 Å². The molecule has 0 saturated carbocycles. The van der Waals surface area contributed by atoms with Gasteiger partial charge in [0.15, 0.2) is 11.5 Å². The molecule has 1 aromatic carbocycles. The van der Waals surface area contributed by atoms with Crippen LogP contribution >= 0.6 is 22.9 Å². The number of nitrogens with zero attached hydrogens (tertiary/aromatic N) is 1. The molecule has 1 aromatic heterocycles. The zero-order valence-corrected chi connectivity index (χ0v) is 12.3. The lowest BCUT2D eigenvalue weighted by Crippen LogP contribution is -3.00. The second-order valence-electron chi connectivity index (χ2n) is 3.35. The van der Waals surface area contributed by atoms with Crippen molar-refractivity contribution in [2.24, 2.45) is 0 Å². The first-order valence-electron chi connectivity index (χ1n) is 5.01. The fourth-order valence-electron chi connectivity index (χ4n) is 1.47. The van der Waals surface area contributed by atoms with Crippen LogP contribution in [-0.2, 0) is 5.88 Å². The molecule has 0 N–H and O–H groups in total. The van der Waals surface area contributed by atoms with Crippen LogP contribution in [0.1, 0.15) is 5.69 Å². The molecular formula is C12H12Cl2NO2S-. The molecule has 0 radical (unpaired) electrons. The minimum atomic E-state index is 0. The van der Waals surface area contributed by atoms with Crippen molar-refractivity contribution in [3.8, 4) is 22.1 Å². The van der Waals surface area contributed by atoms with Gasteiger partial charge in [-0.2, -0.15) is 0 Å². The van der Waals surface area contributed by atoms with Crippen molar-refractivity contribution in [3.05, 3.63) is 29.3 Å². The second-order valence-corrected chi connectivity index (χ2v) is 4.47. The molecule has 0 saturated heterocycles. The van der Waals surface area contributed by atoms with Crippen molar-refractivity contribution in [1.29, 1.82) is 0 Å². The number of hydrogen-bond donors (Lipinski definition) is 0. The van der Waals surface area contributed by atoms with Crippen LogP contribution in [0.25, 0.3) is 10.6 Å². The normalized spacial score (nSPS) is 9.72. The van der Waals surface area contributed by atoms with E-state index >= 15 is 0 Å². The lowest BCUT2D eigenvalue weighted by Gasteiger charge is -2.08. The first kappa shape index (κ1) is 15.1. The van der Waals surface area contributed by atoms with Crippen LogP contribution in [0.5, 0.6) is 11.5 Å². The number of alkyl halides is 1. The third-order valence-electron chi connectivity index (χ3n) is 2.32. The van der Waals surface area contributed by atoms with Crippen LogP contribution in [0.15, 0.2) is 23.6 Å². The van der Waals surface area contributed by atoms with Crippen LogP contribution < -0.4 is 21.9 Å². The molecule has 0 spiro atoms. The Morgan fingerprint density at radius 1 is 1.22 bits per heavy atom. The Hall–Kier alpha value is -0.970. The van der Waals surface area contributed by atoms with Crippen molar-refractivity contribution in [3.63, 3.8) is 0 Å². The number of methoxy groups -OCH3 is 2. The van der Waals surface area contributed by atoms with Gasteiger partial charge in [0.1, 0.15) is 5.01 Å². The van der Waals surface area contributed by atoms with Gasteiger partial charge in [-0.15, -0.1) is 22.9 Å². The summed E-state index contributed by atoms with van der Waals surface area (Å²) < 4.78 is 10.4. The monoisotopic (exact) mass is 304 g/mol. The molecule has 0 fully saturated rings. The molecule has 1 heterocycles. The van der Waals surface area contributed by atoms with Crippen molar-refractivity contribution in [2.45, 2.75) is 5.88 Å². The zero-order chi connectivity index (χ0) is 12.3. The lowest BCUT2D eigenvalue weighted by atomic mass is 10.2. The molecule has 18 heavy (non-hydrogen) atoms. The lowest BCUT2D eigenvalue weighted by molar-refractivity contribution is -0.00000393. The van der Waals surface area contributed by atoms with Crippen molar-refractivity contribution >= 4 is 22.9 Å². The highest BCUT2D eigenvalue weighted by Gasteiger charge is 2.09. The van der Waals surface area contributed by atoms with Crippen LogP contribution in [0, 0.1) is 0 Å². The molecule has 2 aromatic rings. The Morgan fingerprint density at radius 2 is 1.94 bits per heavy atom. The Bertz CT molecular complexity index is 517. The van der Waals surface area contributed by atoms with Gasteiger partial charge in [0, 0.05) is 10.9 Å². The van der Waals surface area contributed by atoms with Crippen molar-refractivity contribution in [2.75, 3.05) is 14.2 Å². The Balaban J connectivity index is 0.00000162. The quantitative estimate of drug-likeness (QED) is 0.774. The summed E-state index contributed by atoms with van der Waals surface area (Å²) in [6.45, 7) is 0. The molecule has 0 amide bonds. The maximum atomic E-state index is 5.73. The molecule has 0 atom stereocenters. The summed E-state index contributed by atoms with van der Waals surface area (Å²) in [5, 5.41) is 2.89. The van der Waals surface area contributed by atoms with E-state index in [1.807, 2.05) is 23.6 Å². The summed E-state index contributed by atoms with van der Waals surface area (Å²) in [6.07, 6.45) is 0. The van der Waals surface area contributed by atoms with E-state index in [1.54, 1.807) is 25.6 Å². The molecule has 0 aliphatic heterocycles. The molecule has 6 heteroatoms. The molecule has 0 unspecified atom stereocenters. The molecule has 0 aliphatic carbocycles. The summed E-state index contributed by atoms with van der Waals surface area (Å²) in [6, 6.07) is 5.74. The van der Waals surface area contributed by atoms with E-state index in [9.17, 15) is 0 Å². The smallest absolute Gasteiger partial charge is 0.161 e. The summed E-state index contributed by atoms with van der Waals surface area (Å²) in [7, 11) is 3.24. The van der Waals surface area contributed by atoms with E-state index in [4.69, 9.17) is 21.1 Å². The van der Waals surface area contributed by atoms with Crippen molar-refractivity contribution < 1.29 is 21.9 Å². The number of rotatable bonds is 4. The fraction of sp³-hybridized carbons (Fsp3) is 0.250. The van der Waals surface area contributed by atoms with E-state index in [0.29, 0.717) is 17.4 Å². The summed E-state index contributed by atoms with van der Waals surface area (Å²) in [5.74, 6) is 1.85. The number of hydrogen-bond acceptors (Lipinski definition) is 4. The highest BCUT2D eigenvalue weighted by atomic mass is 35.5. The predicted octanol–water partition coefficient (Wildman–Crippen LogP) is 0.570. The summed E-state index contributed by atoms with van der Waals surface area (Å²) in [5.41, 5.74) is 1.89. The summed E-state index contributed by atoms with van der Waals surface area (Å²) in [4.78, 5) is 4.42. The number of halogens is 2. The van der Waals surface area contributed by atoms with Gasteiger partial charge in [-0.3, -0.25) is 0 Å². The van der Waals surface area contributed by atoms with Gasteiger partial charge < -0.3 is 21.9 Å². The Morgan fingerprint density at radius 3 is 2.50 bits per heavy atom. The average molecular weight is 305 g/mol. The number of ether oxygens (including phenoxy) is 2. The van der Waals surface area contributed by atoms with E-state index in [2.05, 4.69) is 4.98 Å². The molecule has 0 bridgehead atoms. The minimum absolute atomic E-state index is 0. The van der Waals surface area contributed by atoms with Crippen LogP contribution in [0.4, 0.5) is 0 Å². The second kappa shape index (κ2) is 6.83. The maximum absolute atomic E-state index is 5.73. The topological polar surface area (TPSA) is 31.4 Å². The number of aromatic nitrogens is 1. The van der Waals surface area contributed by atoms with Crippen LogP contribution in [0.3, 0.4) is 0 Å². The minimum Gasteiger partial charge on any atom is -1.00 e. The van der Waals surface area contributed by atoms with Crippen molar-refractivity contribution in [1.82, 2.24) is 4.98 Å². The Labute approximate surface area is 121 Å². The highest BCUT2D eigenvalue weighted by molar-refractivity contribution is 7.13. The summed E-state index contributed by atoms with van der Waals surface area (Å²) >= 11 is 7.30. The third kappa shape index (κ3) is 3.07. The fourth-order valence-corrected chi connectivity index (χ4v) is 2.52. The maximum Gasteiger partial charge on any atom is 0.161 e. The number of benzene rings is 1. The standard InChI is InChI=1S/C12H12ClNO2S.ClH/c1-15-10-4-3-8(5-11(10)16-2)12-14-9(6-13)7-17-12;/h3-5,7H,6H2,1-2H3;1H/p-1. The van der Waals surface area contributed by atoms with Gasteiger partial charge in [-0.05, 0) is 18.2 Å². The average Bonchev–Trinajstić information content (AvgIpc) is 2.86. The van der Waals surface area contributed by atoms with Crippen LogP contribution in [-0.4, -0.2) is 19.2 Å². The van der Waals surface area contributed by atoms with Gasteiger partial charge in [0.2, 0.25) is 0 Å². The zero-order valence-electron chi connectivity index (χ0n) is 9.94. The number of thiazole rings is 1. The predicted molar refractivity (Wildman–Crippen MR) is 70.2 cm³/mol. The molecule has 2 rings (SSSR count). The molecule has 3 nitrogen and oxygen atoms in total. The van der Waals surface area contributed by atoms with Gasteiger partial charge in [-0.1, -0.05) is 0 Å². The largest absolute Gasteiger partial charge is 1.00 e. The van der Waals surface area contributed by atoms with Crippen LogP contribution in [0.2, 0.25) is 0 Å². The SMILES string of the molecule is COc1ccc(-c2nc(CCl)cs2)cc1OC.[Cl-]. The molecule has 0 aliphatic rings. The molecular weight excluding hydrogens is 293 g/mol. The van der Waals surface area contributed by atoms with E-state index in [0.717, 1.165) is 16.3 Å². The first-order chi connectivity index (χ1) is 8.28. The van der Waals surface area contributed by atoms with E-state index in [-0.39, 0.29) is 12.4 Å². The third-order valence-corrected chi connectivity index (χ3v) is 3.53. The van der Waals surface area contributed by atoms with E-state index in [1.165, 1.54) is 0 Å². The Kier molecular flexibility index (Phi) is 5.72. The van der Waals surface area contributed by atoms with Gasteiger partial charge in [-0.25, -0.2) is 4.98 Å². The van der Waals surface area contributed by atoms with Gasteiger partial charge in [0.25, 0.3) is 0 Å². The molecule has 98 valence electrons. The first-order valence-corrected chi connectivity index (χ1v) is 6.42.